The van der Waals surface area contributed by atoms with Crippen molar-refractivity contribution in [1.29, 1.82) is 0 Å². The van der Waals surface area contributed by atoms with Crippen LogP contribution < -0.4 is 5.73 Å². The van der Waals surface area contributed by atoms with Crippen molar-refractivity contribution in [3.63, 3.8) is 0 Å². The highest BCUT2D eigenvalue weighted by Crippen LogP contribution is 2.24. The molecule has 2 aromatic rings. The van der Waals surface area contributed by atoms with Gasteiger partial charge in [0.25, 0.3) is 0 Å². The fraction of sp³-hybridized carbons (Fsp3) is 0.111. The summed E-state index contributed by atoms with van der Waals surface area (Å²) >= 11 is 0. The highest BCUT2D eigenvalue weighted by atomic mass is 14.6. The summed E-state index contributed by atoms with van der Waals surface area (Å²) in [4.78, 5) is 0. The quantitative estimate of drug-likeness (QED) is 0.628. The van der Waals surface area contributed by atoms with Gasteiger partial charge < -0.3 is 5.73 Å². The van der Waals surface area contributed by atoms with E-state index < -0.39 is 0 Å². The number of nitrogen functional groups attached to an aromatic ring is 1. The fourth-order valence-electron chi connectivity index (χ4n) is 2.18. The zero-order valence-electron chi connectivity index (χ0n) is 11.3. The number of benzene rings is 2. The van der Waals surface area contributed by atoms with Crippen LogP contribution in [0.4, 0.5) is 5.69 Å². The SMILES string of the molecule is C=C/C(=C\C)c1cc(Cc2ccccc2)ccc1N. The van der Waals surface area contributed by atoms with Crippen molar-refractivity contribution >= 4 is 11.3 Å². The summed E-state index contributed by atoms with van der Waals surface area (Å²) in [6.07, 6.45) is 4.80. The smallest absolute Gasteiger partial charge is 0.0393 e. The van der Waals surface area contributed by atoms with E-state index in [0.717, 1.165) is 23.2 Å². The Balaban J connectivity index is 2.34. The Labute approximate surface area is 115 Å². The van der Waals surface area contributed by atoms with Crippen LogP contribution in [0.25, 0.3) is 5.57 Å². The molecule has 0 radical (unpaired) electrons. The lowest BCUT2D eigenvalue weighted by molar-refractivity contribution is 1.19. The number of allylic oxidation sites excluding steroid dienone is 3. The molecule has 2 N–H and O–H groups in total. The van der Waals surface area contributed by atoms with E-state index in [1.54, 1.807) is 0 Å². The lowest BCUT2D eigenvalue weighted by Crippen LogP contribution is -1.96. The van der Waals surface area contributed by atoms with Gasteiger partial charge in [-0.2, -0.15) is 0 Å². The molecule has 0 fully saturated rings. The third-order valence-corrected chi connectivity index (χ3v) is 3.21. The average molecular weight is 249 g/mol. The van der Waals surface area contributed by atoms with Crippen molar-refractivity contribution in [1.82, 2.24) is 0 Å². The molecule has 2 rings (SSSR count). The van der Waals surface area contributed by atoms with Gasteiger partial charge in [0.15, 0.2) is 0 Å². The summed E-state index contributed by atoms with van der Waals surface area (Å²) in [5, 5.41) is 0. The zero-order chi connectivity index (χ0) is 13.7. The number of anilines is 1. The Hall–Kier alpha value is -2.28. The van der Waals surface area contributed by atoms with E-state index in [1.807, 2.05) is 31.2 Å². The zero-order valence-corrected chi connectivity index (χ0v) is 11.3. The first-order chi connectivity index (χ1) is 9.24. The van der Waals surface area contributed by atoms with Crippen molar-refractivity contribution in [3.8, 4) is 0 Å². The predicted octanol–water partition coefficient (Wildman–Crippen LogP) is 4.45. The minimum atomic E-state index is 0.796. The topological polar surface area (TPSA) is 26.0 Å². The Morgan fingerprint density at radius 3 is 2.47 bits per heavy atom. The second-order valence-electron chi connectivity index (χ2n) is 4.53. The molecule has 0 bridgehead atoms. The third-order valence-electron chi connectivity index (χ3n) is 3.21. The van der Waals surface area contributed by atoms with E-state index in [4.69, 9.17) is 5.73 Å². The molecule has 0 aromatic heterocycles. The molecule has 0 spiro atoms. The van der Waals surface area contributed by atoms with Gasteiger partial charge in [-0.15, -0.1) is 0 Å². The van der Waals surface area contributed by atoms with Crippen LogP contribution in [0.3, 0.4) is 0 Å². The number of rotatable bonds is 4. The predicted molar refractivity (Wildman–Crippen MR) is 84.0 cm³/mol. The van der Waals surface area contributed by atoms with Gasteiger partial charge in [-0.25, -0.2) is 0 Å². The largest absolute Gasteiger partial charge is 0.398 e. The molecule has 0 heterocycles. The standard InChI is InChI=1S/C18H19N/c1-3-16(4-2)17-13-15(10-11-18(17)19)12-14-8-6-5-7-9-14/h3-11,13H,1,12,19H2,2H3/b16-4+. The maximum atomic E-state index is 6.05. The van der Waals surface area contributed by atoms with Crippen molar-refractivity contribution in [2.75, 3.05) is 5.73 Å². The van der Waals surface area contributed by atoms with Crippen LogP contribution >= 0.6 is 0 Å². The first-order valence-corrected chi connectivity index (χ1v) is 6.46. The van der Waals surface area contributed by atoms with Gasteiger partial charge in [0.2, 0.25) is 0 Å². The molecule has 0 saturated carbocycles. The molecule has 0 amide bonds. The van der Waals surface area contributed by atoms with Gasteiger partial charge >= 0.3 is 0 Å². The van der Waals surface area contributed by atoms with E-state index in [2.05, 4.69) is 43.0 Å². The highest BCUT2D eigenvalue weighted by molar-refractivity contribution is 5.81. The summed E-state index contributed by atoms with van der Waals surface area (Å²) in [7, 11) is 0. The average Bonchev–Trinajstić information content (AvgIpc) is 2.45. The minimum absolute atomic E-state index is 0.796. The Morgan fingerprint density at radius 2 is 1.84 bits per heavy atom. The molecule has 0 saturated heterocycles. The Bertz CT molecular complexity index is 594. The van der Waals surface area contributed by atoms with Crippen LogP contribution in [0.2, 0.25) is 0 Å². The van der Waals surface area contributed by atoms with Gasteiger partial charge in [-0.05, 0) is 42.2 Å². The molecule has 96 valence electrons. The van der Waals surface area contributed by atoms with Gasteiger partial charge in [0.05, 0.1) is 0 Å². The number of hydrogen-bond donors (Lipinski definition) is 1. The first kappa shape index (κ1) is 13.2. The highest BCUT2D eigenvalue weighted by Gasteiger charge is 2.04. The number of nitrogens with two attached hydrogens (primary N) is 1. The summed E-state index contributed by atoms with van der Waals surface area (Å²) in [6, 6.07) is 16.7. The second-order valence-corrected chi connectivity index (χ2v) is 4.53. The van der Waals surface area contributed by atoms with E-state index in [9.17, 15) is 0 Å². The molecule has 2 aromatic carbocycles. The molecule has 0 unspecified atom stereocenters. The summed E-state index contributed by atoms with van der Waals surface area (Å²) < 4.78 is 0. The van der Waals surface area contributed by atoms with E-state index >= 15 is 0 Å². The molecule has 0 aliphatic carbocycles. The maximum Gasteiger partial charge on any atom is 0.0393 e. The molecular weight excluding hydrogens is 230 g/mol. The van der Waals surface area contributed by atoms with Crippen LogP contribution in [-0.4, -0.2) is 0 Å². The summed E-state index contributed by atoms with van der Waals surface area (Å²) in [5.74, 6) is 0. The maximum absolute atomic E-state index is 6.05. The number of hydrogen-bond acceptors (Lipinski definition) is 1. The van der Waals surface area contributed by atoms with Gasteiger partial charge in [-0.1, -0.05) is 55.1 Å². The van der Waals surface area contributed by atoms with E-state index in [1.165, 1.54) is 11.1 Å². The molecule has 1 heteroatoms. The van der Waals surface area contributed by atoms with Crippen LogP contribution in [0.5, 0.6) is 0 Å². The van der Waals surface area contributed by atoms with Crippen LogP contribution in [-0.2, 0) is 6.42 Å². The second kappa shape index (κ2) is 6.05. The fourth-order valence-corrected chi connectivity index (χ4v) is 2.18. The molecular formula is C18H19N. The lowest BCUT2D eigenvalue weighted by atomic mass is 9.97. The molecule has 0 aliphatic heterocycles. The van der Waals surface area contributed by atoms with Crippen molar-refractivity contribution in [2.45, 2.75) is 13.3 Å². The van der Waals surface area contributed by atoms with Crippen LogP contribution in [0.15, 0.2) is 67.3 Å². The van der Waals surface area contributed by atoms with Gasteiger partial charge in [-0.3, -0.25) is 0 Å². The third kappa shape index (κ3) is 3.14. The van der Waals surface area contributed by atoms with E-state index in [-0.39, 0.29) is 0 Å². The normalized spacial score (nSPS) is 11.3. The van der Waals surface area contributed by atoms with Gasteiger partial charge in [0.1, 0.15) is 0 Å². The molecule has 0 atom stereocenters. The lowest BCUT2D eigenvalue weighted by Gasteiger charge is -2.10. The molecule has 0 aliphatic rings. The minimum Gasteiger partial charge on any atom is -0.398 e. The van der Waals surface area contributed by atoms with Crippen LogP contribution in [0.1, 0.15) is 23.6 Å². The van der Waals surface area contributed by atoms with Crippen LogP contribution in [0, 0.1) is 0 Å². The summed E-state index contributed by atoms with van der Waals surface area (Å²) in [5.41, 5.74) is 11.5. The van der Waals surface area contributed by atoms with Crippen molar-refractivity contribution < 1.29 is 0 Å². The monoisotopic (exact) mass is 249 g/mol. The Morgan fingerprint density at radius 1 is 1.11 bits per heavy atom. The molecule has 19 heavy (non-hydrogen) atoms. The summed E-state index contributed by atoms with van der Waals surface area (Å²) in [6.45, 7) is 5.84. The van der Waals surface area contributed by atoms with Gasteiger partial charge in [0, 0.05) is 11.3 Å². The Kier molecular flexibility index (Phi) is 4.19. The van der Waals surface area contributed by atoms with Crippen molar-refractivity contribution in [2.24, 2.45) is 0 Å². The molecule has 1 nitrogen and oxygen atoms in total. The van der Waals surface area contributed by atoms with Crippen molar-refractivity contribution in [3.05, 3.63) is 84.0 Å². The first-order valence-electron chi connectivity index (χ1n) is 6.46. The van der Waals surface area contributed by atoms with E-state index in [0.29, 0.717) is 0 Å².